The normalized spacial score (nSPS) is 11.2. The molecule has 0 aliphatic heterocycles. The molecule has 6 N–H and O–H groups in total. The second kappa shape index (κ2) is 7.85. The lowest BCUT2D eigenvalue weighted by Gasteiger charge is -2.06. The van der Waals surface area contributed by atoms with Gasteiger partial charge in [-0.15, -0.1) is 11.3 Å². The molecule has 3 rings (SSSR count). The number of aliphatic imine (C=N–C) groups is 1. The fraction of sp³-hybridized carbons (Fsp3) is 0. The van der Waals surface area contributed by atoms with Crippen LogP contribution in [0.15, 0.2) is 58.9 Å². The van der Waals surface area contributed by atoms with Crippen molar-refractivity contribution < 1.29 is 4.79 Å². The number of nitrogens with two attached hydrogens (primary N) is 2. The topological polar surface area (TPSA) is 118 Å². The van der Waals surface area contributed by atoms with Crippen molar-refractivity contribution in [3.8, 4) is 11.3 Å². The quantitative estimate of drug-likeness (QED) is 0.311. The number of halogens is 1. The lowest BCUT2D eigenvalue weighted by atomic mass is 10.1. The summed E-state index contributed by atoms with van der Waals surface area (Å²) in [4.78, 5) is 20.4. The molecule has 0 aliphatic carbocycles. The summed E-state index contributed by atoms with van der Waals surface area (Å²) < 4.78 is 0. The van der Waals surface area contributed by atoms with E-state index in [-0.39, 0.29) is 5.96 Å². The Labute approximate surface area is 158 Å². The Morgan fingerprint density at radius 3 is 2.69 bits per heavy atom. The van der Waals surface area contributed by atoms with Crippen LogP contribution in [0.1, 0.15) is 0 Å². The summed E-state index contributed by atoms with van der Waals surface area (Å²) >= 11 is 7.10. The standard InChI is InChI=1S/C17H15ClN6OS/c18-11-4-6-13(7-5-11)21-16(25)23-15(20)24-17-22-14(9-26-17)10-2-1-3-12(19)8-10/h1-9H,19H2,(H4,20,21,22,23,24,25). The van der Waals surface area contributed by atoms with Gasteiger partial charge in [-0.05, 0) is 36.4 Å². The molecule has 1 aromatic heterocycles. The van der Waals surface area contributed by atoms with Gasteiger partial charge in [-0.2, -0.15) is 4.99 Å². The number of guanidine groups is 1. The average Bonchev–Trinajstić information content (AvgIpc) is 3.05. The Morgan fingerprint density at radius 2 is 1.96 bits per heavy atom. The molecule has 0 spiro atoms. The minimum atomic E-state index is -0.513. The number of amides is 2. The van der Waals surface area contributed by atoms with Gasteiger partial charge in [-0.1, -0.05) is 23.7 Å². The van der Waals surface area contributed by atoms with Gasteiger partial charge in [0, 0.05) is 27.3 Å². The molecular weight excluding hydrogens is 372 g/mol. The van der Waals surface area contributed by atoms with Gasteiger partial charge in [0.2, 0.25) is 11.1 Å². The average molecular weight is 387 g/mol. The number of nitrogens with zero attached hydrogens (tertiary/aromatic N) is 2. The maximum atomic E-state index is 11.9. The maximum absolute atomic E-state index is 11.9. The van der Waals surface area contributed by atoms with Gasteiger partial charge in [-0.3, -0.25) is 5.32 Å². The van der Waals surface area contributed by atoms with E-state index < -0.39 is 6.03 Å². The number of hydrogen-bond donors (Lipinski definition) is 4. The molecule has 0 bridgehead atoms. The largest absolute Gasteiger partial charge is 0.399 e. The molecule has 0 atom stereocenters. The number of carbonyl (C=O) groups is 1. The summed E-state index contributed by atoms with van der Waals surface area (Å²) in [5.74, 6) is -0.0649. The predicted molar refractivity (Wildman–Crippen MR) is 107 cm³/mol. The van der Waals surface area contributed by atoms with E-state index in [9.17, 15) is 4.79 Å². The minimum absolute atomic E-state index is 0.0649. The van der Waals surface area contributed by atoms with Crippen molar-refractivity contribution in [2.45, 2.75) is 0 Å². The number of urea groups is 1. The van der Waals surface area contributed by atoms with E-state index in [2.05, 4.69) is 20.6 Å². The van der Waals surface area contributed by atoms with Gasteiger partial charge in [0.1, 0.15) is 0 Å². The van der Waals surface area contributed by atoms with Crippen molar-refractivity contribution >= 4 is 51.4 Å². The fourth-order valence-electron chi connectivity index (χ4n) is 2.09. The Hall–Kier alpha value is -3.10. The minimum Gasteiger partial charge on any atom is -0.399 e. The highest BCUT2D eigenvalue weighted by atomic mass is 35.5. The maximum Gasteiger partial charge on any atom is 0.325 e. The third-order valence-corrected chi connectivity index (χ3v) is 4.22. The first kappa shape index (κ1) is 17.7. The van der Waals surface area contributed by atoms with Crippen LogP contribution in [0.25, 0.3) is 11.3 Å². The molecule has 0 saturated carbocycles. The number of rotatable bonds is 3. The van der Waals surface area contributed by atoms with E-state index in [1.807, 2.05) is 23.6 Å². The highest BCUT2D eigenvalue weighted by Crippen LogP contribution is 2.27. The van der Waals surface area contributed by atoms with Crippen LogP contribution in [0, 0.1) is 0 Å². The highest BCUT2D eigenvalue weighted by Gasteiger charge is 2.07. The van der Waals surface area contributed by atoms with Gasteiger partial charge >= 0.3 is 6.03 Å². The Bertz CT molecular complexity index is 954. The van der Waals surface area contributed by atoms with Crippen molar-refractivity contribution in [2.24, 2.45) is 10.7 Å². The molecule has 9 heteroatoms. The molecule has 0 saturated heterocycles. The van der Waals surface area contributed by atoms with Crippen LogP contribution in [0.2, 0.25) is 5.02 Å². The SMILES string of the molecule is N/C(=N\c1nc(-c2cccc(N)c2)cs1)NC(=O)Nc1ccc(Cl)cc1. The first-order valence-corrected chi connectivity index (χ1v) is 8.74. The predicted octanol–water partition coefficient (Wildman–Crippen LogP) is 3.81. The van der Waals surface area contributed by atoms with Crippen LogP contribution in [0.4, 0.5) is 21.3 Å². The second-order valence-corrected chi connectivity index (χ2v) is 6.50. The van der Waals surface area contributed by atoms with Crippen molar-refractivity contribution in [2.75, 3.05) is 11.1 Å². The summed E-state index contributed by atoms with van der Waals surface area (Å²) in [5, 5.41) is 7.91. The highest BCUT2D eigenvalue weighted by molar-refractivity contribution is 7.13. The summed E-state index contributed by atoms with van der Waals surface area (Å²) in [5.41, 5.74) is 14.4. The van der Waals surface area contributed by atoms with Crippen LogP contribution in [0.5, 0.6) is 0 Å². The molecule has 7 nitrogen and oxygen atoms in total. The number of nitrogens with one attached hydrogen (secondary N) is 2. The van der Waals surface area contributed by atoms with Crippen molar-refractivity contribution in [3.05, 3.63) is 58.9 Å². The molecule has 132 valence electrons. The second-order valence-electron chi connectivity index (χ2n) is 5.22. The molecule has 2 amide bonds. The zero-order valence-corrected chi connectivity index (χ0v) is 15.0. The van der Waals surface area contributed by atoms with E-state index >= 15 is 0 Å². The summed E-state index contributed by atoms with van der Waals surface area (Å²) in [6, 6.07) is 13.6. The molecule has 0 fully saturated rings. The number of aromatic nitrogens is 1. The summed E-state index contributed by atoms with van der Waals surface area (Å²) in [6.07, 6.45) is 0. The zero-order chi connectivity index (χ0) is 18.5. The van der Waals surface area contributed by atoms with E-state index in [4.69, 9.17) is 23.1 Å². The van der Waals surface area contributed by atoms with Crippen LogP contribution >= 0.6 is 22.9 Å². The third kappa shape index (κ3) is 4.71. The number of benzene rings is 2. The van der Waals surface area contributed by atoms with Crippen molar-refractivity contribution in [3.63, 3.8) is 0 Å². The molecule has 0 aliphatic rings. The molecule has 3 aromatic rings. The van der Waals surface area contributed by atoms with E-state index in [0.717, 1.165) is 11.3 Å². The van der Waals surface area contributed by atoms with Crippen molar-refractivity contribution in [1.29, 1.82) is 0 Å². The van der Waals surface area contributed by atoms with Gasteiger partial charge in [-0.25, -0.2) is 9.78 Å². The Morgan fingerprint density at radius 1 is 1.19 bits per heavy atom. The van der Waals surface area contributed by atoms with Crippen LogP contribution in [0.3, 0.4) is 0 Å². The third-order valence-electron chi connectivity index (χ3n) is 3.23. The lowest BCUT2D eigenvalue weighted by Crippen LogP contribution is -2.39. The zero-order valence-electron chi connectivity index (χ0n) is 13.4. The van der Waals surface area contributed by atoms with Crippen LogP contribution < -0.4 is 22.1 Å². The van der Waals surface area contributed by atoms with Crippen LogP contribution in [-0.2, 0) is 0 Å². The smallest absolute Gasteiger partial charge is 0.325 e. The Kier molecular flexibility index (Phi) is 5.35. The number of anilines is 2. The van der Waals surface area contributed by atoms with Gasteiger partial charge < -0.3 is 16.8 Å². The molecule has 0 radical (unpaired) electrons. The molecule has 1 heterocycles. The van der Waals surface area contributed by atoms with E-state index in [1.165, 1.54) is 11.3 Å². The Balaban J connectivity index is 1.64. The van der Waals surface area contributed by atoms with Crippen LogP contribution in [-0.4, -0.2) is 17.0 Å². The first-order chi connectivity index (χ1) is 12.5. The molecule has 2 aromatic carbocycles. The van der Waals surface area contributed by atoms with Crippen molar-refractivity contribution in [1.82, 2.24) is 10.3 Å². The van der Waals surface area contributed by atoms with E-state index in [0.29, 0.717) is 21.5 Å². The number of carbonyl (C=O) groups excluding carboxylic acids is 1. The van der Waals surface area contributed by atoms with Gasteiger partial charge in [0.05, 0.1) is 5.69 Å². The summed E-state index contributed by atoms with van der Waals surface area (Å²) in [6.45, 7) is 0. The fourth-order valence-corrected chi connectivity index (χ4v) is 2.92. The molecular formula is C17H15ClN6OS. The number of nitrogen functional groups attached to an aromatic ring is 1. The van der Waals surface area contributed by atoms with E-state index in [1.54, 1.807) is 30.3 Å². The molecule has 0 unspecified atom stereocenters. The molecule has 26 heavy (non-hydrogen) atoms. The lowest BCUT2D eigenvalue weighted by molar-refractivity contribution is 0.256. The summed E-state index contributed by atoms with van der Waals surface area (Å²) in [7, 11) is 0. The van der Waals surface area contributed by atoms with Gasteiger partial charge in [0.15, 0.2) is 0 Å². The monoisotopic (exact) mass is 386 g/mol. The number of thiazole rings is 1. The number of hydrogen-bond acceptors (Lipinski definition) is 5. The first-order valence-electron chi connectivity index (χ1n) is 7.49. The van der Waals surface area contributed by atoms with Gasteiger partial charge in [0.25, 0.3) is 0 Å².